The van der Waals surface area contributed by atoms with Gasteiger partial charge in [-0.1, -0.05) is 19.8 Å². The Morgan fingerprint density at radius 1 is 1.63 bits per heavy atom. The average Bonchev–Trinajstić information content (AvgIpc) is 2.60. The Morgan fingerprint density at radius 2 is 2.37 bits per heavy atom. The van der Waals surface area contributed by atoms with E-state index in [9.17, 15) is 5.11 Å². The molecule has 1 aliphatic carbocycles. The zero-order valence-electron chi connectivity index (χ0n) is 11.9. The number of aromatic nitrogens is 2. The number of anilines is 1. The highest BCUT2D eigenvalue weighted by atomic mass is 16.3. The lowest BCUT2D eigenvalue weighted by molar-refractivity contribution is -0.000874. The fourth-order valence-corrected chi connectivity index (χ4v) is 3.04. The highest BCUT2D eigenvalue weighted by Crippen LogP contribution is 2.32. The van der Waals surface area contributed by atoms with E-state index < -0.39 is 5.60 Å². The summed E-state index contributed by atoms with van der Waals surface area (Å²) >= 11 is 0. The first-order valence-electron chi connectivity index (χ1n) is 6.85. The predicted molar refractivity (Wildman–Crippen MR) is 73.7 cm³/mol. The monoisotopic (exact) mass is 262 g/mol. The van der Waals surface area contributed by atoms with E-state index >= 15 is 0 Å². The Hall–Kier alpha value is -1.54. The van der Waals surface area contributed by atoms with Gasteiger partial charge in [0, 0.05) is 13.6 Å². The highest BCUT2D eigenvalue weighted by Gasteiger charge is 2.32. The molecule has 2 N–H and O–H groups in total. The lowest BCUT2D eigenvalue weighted by Gasteiger charge is -2.35. The molecule has 5 nitrogen and oxygen atoms in total. The second kappa shape index (κ2) is 5.22. The molecule has 1 aromatic heterocycles. The van der Waals surface area contributed by atoms with E-state index in [-0.39, 0.29) is 0 Å². The molecular weight excluding hydrogens is 240 g/mol. The van der Waals surface area contributed by atoms with Crippen LogP contribution >= 0.6 is 0 Å². The average molecular weight is 262 g/mol. The van der Waals surface area contributed by atoms with Crippen LogP contribution in [0.5, 0.6) is 0 Å². The normalized spacial score (nSPS) is 27.0. The first-order valence-corrected chi connectivity index (χ1v) is 6.85. The van der Waals surface area contributed by atoms with Crippen LogP contribution in [0, 0.1) is 24.2 Å². The Morgan fingerprint density at radius 3 is 3.00 bits per heavy atom. The Labute approximate surface area is 114 Å². The molecule has 2 atom stereocenters. The summed E-state index contributed by atoms with van der Waals surface area (Å²) in [4.78, 5) is 0. The van der Waals surface area contributed by atoms with E-state index in [0.29, 0.717) is 23.8 Å². The van der Waals surface area contributed by atoms with Gasteiger partial charge in [-0.15, -0.1) is 0 Å². The number of aryl methyl sites for hydroxylation is 2. The van der Waals surface area contributed by atoms with Crippen LogP contribution in [0.15, 0.2) is 0 Å². The zero-order valence-corrected chi connectivity index (χ0v) is 11.9. The lowest BCUT2D eigenvalue weighted by Crippen LogP contribution is -2.41. The third-order valence-electron chi connectivity index (χ3n) is 3.99. The van der Waals surface area contributed by atoms with Crippen molar-refractivity contribution >= 4 is 5.82 Å². The van der Waals surface area contributed by atoms with Gasteiger partial charge in [-0.3, -0.25) is 4.68 Å². The smallest absolute Gasteiger partial charge is 0.142 e. The lowest BCUT2D eigenvalue weighted by atomic mass is 9.79. The summed E-state index contributed by atoms with van der Waals surface area (Å²) < 4.78 is 1.67. The van der Waals surface area contributed by atoms with Crippen molar-refractivity contribution in [3.05, 3.63) is 11.3 Å². The quantitative estimate of drug-likeness (QED) is 0.873. The van der Waals surface area contributed by atoms with Crippen LogP contribution in [0.25, 0.3) is 0 Å². The molecule has 0 amide bonds. The highest BCUT2D eigenvalue weighted by molar-refractivity contribution is 5.55. The molecule has 0 spiro atoms. The summed E-state index contributed by atoms with van der Waals surface area (Å²) in [5.74, 6) is 1.26. The fraction of sp³-hybridized carbons (Fsp3) is 0.714. The predicted octanol–water partition coefficient (Wildman–Crippen LogP) is 1.95. The van der Waals surface area contributed by atoms with Crippen LogP contribution in [-0.4, -0.2) is 27.0 Å². The van der Waals surface area contributed by atoms with E-state index in [0.717, 1.165) is 25.0 Å². The molecule has 1 aromatic rings. The standard InChI is InChI=1S/C14H22N4O/c1-10-5-4-6-14(19,7-10)9-16-13-12(8-15)11(2)17-18(13)3/h10,16,19H,4-7,9H2,1-3H3. The second-order valence-corrected chi connectivity index (χ2v) is 5.82. The molecule has 1 heterocycles. The summed E-state index contributed by atoms with van der Waals surface area (Å²) in [6.07, 6.45) is 3.90. The van der Waals surface area contributed by atoms with E-state index in [1.165, 1.54) is 6.42 Å². The van der Waals surface area contributed by atoms with Crippen molar-refractivity contribution in [2.75, 3.05) is 11.9 Å². The number of hydrogen-bond donors (Lipinski definition) is 2. The summed E-state index contributed by atoms with van der Waals surface area (Å²) in [6, 6.07) is 2.17. The van der Waals surface area contributed by atoms with Crippen molar-refractivity contribution < 1.29 is 5.11 Å². The minimum absolute atomic E-state index is 0.477. The van der Waals surface area contributed by atoms with Gasteiger partial charge < -0.3 is 10.4 Å². The topological polar surface area (TPSA) is 73.9 Å². The SMILES string of the molecule is Cc1nn(C)c(NCC2(O)CCCC(C)C2)c1C#N. The van der Waals surface area contributed by atoms with Crippen LogP contribution in [0.2, 0.25) is 0 Å². The first kappa shape index (κ1) is 13.9. The molecule has 0 aliphatic heterocycles. The van der Waals surface area contributed by atoms with Gasteiger partial charge in [-0.25, -0.2) is 0 Å². The third-order valence-corrected chi connectivity index (χ3v) is 3.99. The number of nitrogens with zero attached hydrogens (tertiary/aromatic N) is 3. The third kappa shape index (κ3) is 2.90. The maximum absolute atomic E-state index is 10.6. The minimum Gasteiger partial charge on any atom is -0.388 e. The molecule has 0 bridgehead atoms. The zero-order chi connectivity index (χ0) is 14.0. The molecule has 1 saturated carbocycles. The molecular formula is C14H22N4O. The largest absolute Gasteiger partial charge is 0.388 e. The summed E-state index contributed by atoms with van der Waals surface area (Å²) in [6.45, 7) is 4.48. The van der Waals surface area contributed by atoms with Crippen molar-refractivity contribution in [1.82, 2.24) is 9.78 Å². The number of hydrogen-bond acceptors (Lipinski definition) is 4. The van der Waals surface area contributed by atoms with Gasteiger partial charge in [-0.2, -0.15) is 10.4 Å². The van der Waals surface area contributed by atoms with Crippen molar-refractivity contribution in [2.45, 2.75) is 45.1 Å². The number of nitriles is 1. The first-order chi connectivity index (χ1) is 8.95. The molecule has 2 unspecified atom stereocenters. The van der Waals surface area contributed by atoms with E-state index in [4.69, 9.17) is 5.26 Å². The maximum Gasteiger partial charge on any atom is 0.142 e. The van der Waals surface area contributed by atoms with Crippen molar-refractivity contribution in [1.29, 1.82) is 5.26 Å². The Kier molecular flexibility index (Phi) is 3.81. The Bertz CT molecular complexity index is 502. The number of rotatable bonds is 3. The minimum atomic E-state index is -0.664. The van der Waals surface area contributed by atoms with Crippen molar-refractivity contribution in [2.24, 2.45) is 13.0 Å². The second-order valence-electron chi connectivity index (χ2n) is 5.82. The molecule has 5 heteroatoms. The van der Waals surface area contributed by atoms with Crippen LogP contribution in [-0.2, 0) is 7.05 Å². The van der Waals surface area contributed by atoms with Gasteiger partial charge in [0.2, 0.25) is 0 Å². The summed E-state index contributed by atoms with van der Waals surface area (Å²) in [5.41, 5.74) is 0.620. The van der Waals surface area contributed by atoms with E-state index in [1.807, 2.05) is 14.0 Å². The van der Waals surface area contributed by atoms with Gasteiger partial charge in [0.25, 0.3) is 0 Å². The van der Waals surface area contributed by atoms with Crippen LogP contribution < -0.4 is 5.32 Å². The molecule has 104 valence electrons. The van der Waals surface area contributed by atoms with Gasteiger partial charge >= 0.3 is 0 Å². The van der Waals surface area contributed by atoms with Gasteiger partial charge in [0.1, 0.15) is 17.5 Å². The molecule has 0 aromatic carbocycles. The molecule has 1 aliphatic rings. The summed E-state index contributed by atoms with van der Waals surface area (Å²) in [5, 5.41) is 27.2. The van der Waals surface area contributed by atoms with Gasteiger partial charge in [0.05, 0.1) is 11.3 Å². The fourth-order valence-electron chi connectivity index (χ4n) is 3.04. The maximum atomic E-state index is 10.6. The Balaban J connectivity index is 2.09. The molecule has 19 heavy (non-hydrogen) atoms. The molecule has 2 rings (SSSR count). The van der Waals surface area contributed by atoms with Gasteiger partial charge in [0.15, 0.2) is 0 Å². The number of aliphatic hydroxyl groups is 1. The molecule has 1 fully saturated rings. The van der Waals surface area contributed by atoms with Gasteiger partial charge in [-0.05, 0) is 25.7 Å². The summed E-state index contributed by atoms with van der Waals surface area (Å²) in [7, 11) is 1.81. The van der Waals surface area contributed by atoms with Crippen LogP contribution in [0.3, 0.4) is 0 Å². The van der Waals surface area contributed by atoms with Crippen LogP contribution in [0.4, 0.5) is 5.82 Å². The van der Waals surface area contributed by atoms with Crippen LogP contribution in [0.1, 0.15) is 43.9 Å². The number of nitrogens with one attached hydrogen (secondary N) is 1. The molecule has 0 radical (unpaired) electrons. The molecule has 0 saturated heterocycles. The van der Waals surface area contributed by atoms with E-state index in [1.54, 1.807) is 4.68 Å². The van der Waals surface area contributed by atoms with E-state index in [2.05, 4.69) is 23.4 Å². The van der Waals surface area contributed by atoms with Crippen molar-refractivity contribution in [3.63, 3.8) is 0 Å². The van der Waals surface area contributed by atoms with Crippen molar-refractivity contribution in [3.8, 4) is 6.07 Å².